The average molecular weight is 187 g/mol. The van der Waals surface area contributed by atoms with E-state index in [-0.39, 0.29) is 5.41 Å². The van der Waals surface area contributed by atoms with E-state index in [1.165, 1.54) is 0 Å². The van der Waals surface area contributed by atoms with Crippen LogP contribution in [0, 0.1) is 5.41 Å². The van der Waals surface area contributed by atoms with Gasteiger partial charge in [-0.3, -0.25) is 4.79 Å². The molecule has 0 aliphatic heterocycles. The molecule has 78 valence electrons. The number of nitrogens with two attached hydrogens (primary N) is 1. The van der Waals surface area contributed by atoms with Gasteiger partial charge in [0.1, 0.15) is 6.04 Å². The smallest absolute Gasteiger partial charge is 0.320 e. The third-order valence-electron chi connectivity index (χ3n) is 2.30. The zero-order valence-electron chi connectivity index (χ0n) is 8.84. The highest BCUT2D eigenvalue weighted by Gasteiger charge is 2.24. The van der Waals surface area contributed by atoms with Crippen LogP contribution >= 0.6 is 0 Å². The third kappa shape index (κ3) is 5.64. The minimum Gasteiger partial charge on any atom is -0.480 e. The molecule has 13 heavy (non-hydrogen) atoms. The molecule has 0 aromatic rings. The topological polar surface area (TPSA) is 63.3 Å². The molecule has 0 aliphatic carbocycles. The number of carboxylic acids is 1. The maximum atomic E-state index is 10.5. The molecule has 0 radical (unpaired) electrons. The summed E-state index contributed by atoms with van der Waals surface area (Å²) in [6.07, 6.45) is 3.89. The van der Waals surface area contributed by atoms with Crippen LogP contribution in [0.5, 0.6) is 0 Å². The lowest BCUT2D eigenvalue weighted by molar-refractivity contribution is -0.139. The lowest BCUT2D eigenvalue weighted by Crippen LogP contribution is -2.35. The molecular formula is C10H21NO2. The zero-order valence-corrected chi connectivity index (χ0v) is 8.84. The summed E-state index contributed by atoms with van der Waals surface area (Å²) in [7, 11) is 0. The van der Waals surface area contributed by atoms with Crippen molar-refractivity contribution >= 4 is 5.97 Å². The maximum Gasteiger partial charge on any atom is 0.320 e. The highest BCUT2D eigenvalue weighted by atomic mass is 16.4. The molecule has 0 aliphatic rings. The Labute approximate surface area is 80.3 Å². The highest BCUT2D eigenvalue weighted by Crippen LogP contribution is 2.28. The lowest BCUT2D eigenvalue weighted by Gasteiger charge is -2.26. The molecule has 3 heteroatoms. The summed E-state index contributed by atoms with van der Waals surface area (Å²) in [4.78, 5) is 10.5. The number of hydrogen-bond acceptors (Lipinski definition) is 2. The number of carboxylic acid groups (broad SMARTS) is 1. The van der Waals surface area contributed by atoms with Crippen molar-refractivity contribution in [1.82, 2.24) is 0 Å². The number of unbranched alkanes of at least 4 members (excludes halogenated alkanes) is 1. The molecule has 0 fully saturated rings. The highest BCUT2D eigenvalue weighted by molar-refractivity contribution is 5.73. The van der Waals surface area contributed by atoms with Gasteiger partial charge in [0.15, 0.2) is 0 Å². The predicted molar refractivity (Wildman–Crippen MR) is 53.5 cm³/mol. The molecule has 0 saturated carbocycles. The molecule has 0 saturated heterocycles. The fourth-order valence-corrected chi connectivity index (χ4v) is 1.44. The zero-order chi connectivity index (χ0) is 10.5. The minimum atomic E-state index is -0.899. The van der Waals surface area contributed by atoms with Gasteiger partial charge in [0.05, 0.1) is 0 Å². The summed E-state index contributed by atoms with van der Waals surface area (Å²) in [6.45, 7) is 6.28. The quantitative estimate of drug-likeness (QED) is 0.668. The van der Waals surface area contributed by atoms with E-state index in [2.05, 4.69) is 20.8 Å². The van der Waals surface area contributed by atoms with Crippen LogP contribution in [0.25, 0.3) is 0 Å². The van der Waals surface area contributed by atoms with Gasteiger partial charge in [-0.05, 0) is 18.3 Å². The Hall–Kier alpha value is -0.570. The molecule has 0 rings (SSSR count). The van der Waals surface area contributed by atoms with Crippen LogP contribution in [0.4, 0.5) is 0 Å². The van der Waals surface area contributed by atoms with Crippen molar-refractivity contribution < 1.29 is 9.90 Å². The second-order valence-corrected chi connectivity index (χ2v) is 4.42. The van der Waals surface area contributed by atoms with E-state index >= 15 is 0 Å². The number of rotatable bonds is 6. The summed E-state index contributed by atoms with van der Waals surface area (Å²) in [5.74, 6) is -0.899. The maximum absolute atomic E-state index is 10.5. The molecule has 3 nitrogen and oxygen atoms in total. The van der Waals surface area contributed by atoms with Gasteiger partial charge in [-0.25, -0.2) is 0 Å². The molecule has 1 atom stereocenters. The van der Waals surface area contributed by atoms with E-state index in [9.17, 15) is 4.79 Å². The summed E-state index contributed by atoms with van der Waals surface area (Å²) in [5, 5.41) is 8.65. The Kier molecular flexibility index (Phi) is 4.99. The SMILES string of the molecule is CCCCC(C)(C)C[C@H](N)C(=O)O. The first-order chi connectivity index (χ1) is 5.89. The van der Waals surface area contributed by atoms with Crippen molar-refractivity contribution in [2.75, 3.05) is 0 Å². The molecule has 0 aromatic heterocycles. The van der Waals surface area contributed by atoms with E-state index in [0.717, 1.165) is 19.3 Å². The fraction of sp³-hybridized carbons (Fsp3) is 0.900. The molecule has 0 aromatic carbocycles. The third-order valence-corrected chi connectivity index (χ3v) is 2.30. The number of aliphatic carboxylic acids is 1. The van der Waals surface area contributed by atoms with Crippen LogP contribution in [0.15, 0.2) is 0 Å². The predicted octanol–water partition coefficient (Wildman–Crippen LogP) is 2.00. The first kappa shape index (κ1) is 12.4. The Morgan fingerprint density at radius 1 is 1.54 bits per heavy atom. The summed E-state index contributed by atoms with van der Waals surface area (Å²) in [5.41, 5.74) is 5.52. The van der Waals surface area contributed by atoms with Crippen molar-refractivity contribution in [3.63, 3.8) is 0 Å². The summed E-state index contributed by atoms with van der Waals surface area (Å²) in [6, 6.07) is -0.716. The van der Waals surface area contributed by atoms with Crippen molar-refractivity contribution in [3.8, 4) is 0 Å². The summed E-state index contributed by atoms with van der Waals surface area (Å²) < 4.78 is 0. The Morgan fingerprint density at radius 3 is 2.46 bits per heavy atom. The molecule has 0 spiro atoms. The van der Waals surface area contributed by atoms with E-state index in [0.29, 0.717) is 6.42 Å². The van der Waals surface area contributed by atoms with Gasteiger partial charge in [0, 0.05) is 0 Å². The van der Waals surface area contributed by atoms with Gasteiger partial charge >= 0.3 is 5.97 Å². The van der Waals surface area contributed by atoms with Crippen molar-refractivity contribution in [2.24, 2.45) is 11.1 Å². The second-order valence-electron chi connectivity index (χ2n) is 4.42. The standard InChI is InChI=1S/C10H21NO2/c1-4-5-6-10(2,3)7-8(11)9(12)13/h8H,4-7,11H2,1-3H3,(H,12,13)/t8-/m0/s1. The molecular weight excluding hydrogens is 166 g/mol. The fourth-order valence-electron chi connectivity index (χ4n) is 1.44. The molecule has 0 amide bonds. The van der Waals surface area contributed by atoms with Gasteiger partial charge in [-0.15, -0.1) is 0 Å². The Morgan fingerprint density at radius 2 is 2.08 bits per heavy atom. The normalized spacial score (nSPS) is 14.2. The molecule has 0 bridgehead atoms. The van der Waals surface area contributed by atoms with Crippen LogP contribution in [0.3, 0.4) is 0 Å². The summed E-state index contributed by atoms with van der Waals surface area (Å²) >= 11 is 0. The molecule has 0 unspecified atom stereocenters. The van der Waals surface area contributed by atoms with E-state index < -0.39 is 12.0 Å². The van der Waals surface area contributed by atoms with Gasteiger partial charge in [-0.1, -0.05) is 33.6 Å². The van der Waals surface area contributed by atoms with Crippen LogP contribution in [0.2, 0.25) is 0 Å². The minimum absolute atomic E-state index is 0.0494. The molecule has 3 N–H and O–H groups in total. The second kappa shape index (κ2) is 5.22. The number of carbonyl (C=O) groups is 1. The monoisotopic (exact) mass is 187 g/mol. The number of hydrogen-bond donors (Lipinski definition) is 2. The van der Waals surface area contributed by atoms with Crippen molar-refractivity contribution in [2.45, 2.75) is 52.5 Å². The van der Waals surface area contributed by atoms with E-state index in [1.807, 2.05) is 0 Å². The van der Waals surface area contributed by atoms with Gasteiger partial charge in [0.25, 0.3) is 0 Å². The Bertz CT molecular complexity index is 166. The first-order valence-electron chi connectivity index (χ1n) is 4.87. The van der Waals surface area contributed by atoms with Gasteiger partial charge < -0.3 is 10.8 Å². The van der Waals surface area contributed by atoms with Crippen LogP contribution in [-0.4, -0.2) is 17.1 Å². The Balaban J connectivity index is 3.93. The lowest BCUT2D eigenvalue weighted by atomic mass is 9.81. The van der Waals surface area contributed by atoms with E-state index in [4.69, 9.17) is 10.8 Å². The van der Waals surface area contributed by atoms with Crippen LogP contribution < -0.4 is 5.73 Å². The first-order valence-corrected chi connectivity index (χ1v) is 4.87. The average Bonchev–Trinajstić information content (AvgIpc) is 2.00. The van der Waals surface area contributed by atoms with Gasteiger partial charge in [0.2, 0.25) is 0 Å². The van der Waals surface area contributed by atoms with Crippen LogP contribution in [-0.2, 0) is 4.79 Å². The molecule has 0 heterocycles. The van der Waals surface area contributed by atoms with Crippen molar-refractivity contribution in [1.29, 1.82) is 0 Å². The van der Waals surface area contributed by atoms with Crippen LogP contribution in [0.1, 0.15) is 46.5 Å². The van der Waals surface area contributed by atoms with Gasteiger partial charge in [-0.2, -0.15) is 0 Å². The van der Waals surface area contributed by atoms with Crippen molar-refractivity contribution in [3.05, 3.63) is 0 Å². The largest absolute Gasteiger partial charge is 0.480 e. The van der Waals surface area contributed by atoms with E-state index in [1.54, 1.807) is 0 Å².